The monoisotopic (exact) mass is 610 g/mol. The quantitative estimate of drug-likeness (QED) is 0.202. The van der Waals surface area contributed by atoms with Gasteiger partial charge in [0.25, 0.3) is 0 Å². The standard InChI is InChI=1S/C12H7F21O2Si/c1-34-36(35-2)12(32,33)10(27,28)8(23,24)6(19,20)4(15,16)3(13,14)5(17,18)7(21,22)9(25,26)11(29,30)31/h36H,1-2H3. The molecule has 0 spiro atoms. The van der Waals surface area contributed by atoms with Crippen molar-refractivity contribution in [2.24, 2.45) is 0 Å². The minimum atomic E-state index is -9.18. The molecule has 0 fully saturated rings. The number of halogens is 21. The molecule has 0 aliphatic carbocycles. The van der Waals surface area contributed by atoms with E-state index in [1.54, 1.807) is 0 Å². The van der Waals surface area contributed by atoms with Crippen molar-refractivity contribution in [3.63, 3.8) is 0 Å². The molecular weight excluding hydrogens is 603 g/mol. The van der Waals surface area contributed by atoms with Gasteiger partial charge in [-0.25, -0.2) is 0 Å². The molecule has 0 heterocycles. The second-order valence-electron chi connectivity index (χ2n) is 6.52. The summed E-state index contributed by atoms with van der Waals surface area (Å²) in [5.41, 5.74) is -6.81. The average molecular weight is 610 g/mol. The SMILES string of the molecule is CO[SiH](OC)C(F)(F)C(F)(F)C(F)(F)C(F)(F)C(F)(F)C(F)(F)C(F)(F)C(F)(F)C(F)(F)C(F)(F)F. The third-order valence-electron chi connectivity index (χ3n) is 4.26. The molecule has 0 aromatic carbocycles. The van der Waals surface area contributed by atoms with Crippen LogP contribution < -0.4 is 0 Å². The Morgan fingerprint density at radius 3 is 0.722 bits per heavy atom. The number of hydrogen-bond acceptors (Lipinski definition) is 2. The number of hydrogen-bond donors (Lipinski definition) is 0. The van der Waals surface area contributed by atoms with E-state index < -0.39 is 68.4 Å². The molecule has 0 saturated carbocycles. The molecule has 218 valence electrons. The van der Waals surface area contributed by atoms with Crippen molar-refractivity contribution in [3.8, 4) is 0 Å². The zero-order valence-electron chi connectivity index (χ0n) is 16.3. The maximum absolute atomic E-state index is 13.6. The largest absolute Gasteiger partial charge is 0.460 e. The van der Waals surface area contributed by atoms with E-state index in [2.05, 4.69) is 8.85 Å². The molecule has 0 bridgehead atoms. The zero-order valence-corrected chi connectivity index (χ0v) is 17.5. The van der Waals surface area contributed by atoms with Crippen LogP contribution >= 0.6 is 0 Å². The summed E-state index contributed by atoms with van der Waals surface area (Å²) in [5, 5.41) is 0. The zero-order chi connectivity index (χ0) is 30.0. The van der Waals surface area contributed by atoms with Crippen molar-refractivity contribution in [2.45, 2.75) is 59.1 Å². The molecular formula is C12H7F21O2Si. The van der Waals surface area contributed by atoms with Gasteiger partial charge in [0.15, 0.2) is 0 Å². The molecule has 0 aromatic rings. The minimum absolute atomic E-state index is 0.0348. The molecule has 0 aliphatic heterocycles. The van der Waals surface area contributed by atoms with Crippen LogP contribution in [0.15, 0.2) is 0 Å². The second kappa shape index (κ2) is 8.86. The third kappa shape index (κ3) is 4.07. The molecule has 36 heavy (non-hydrogen) atoms. The molecule has 0 radical (unpaired) electrons. The first kappa shape index (κ1) is 34.7. The lowest BCUT2D eigenvalue weighted by Crippen LogP contribution is -2.77. The van der Waals surface area contributed by atoms with Gasteiger partial charge < -0.3 is 8.85 Å². The van der Waals surface area contributed by atoms with Crippen molar-refractivity contribution in [2.75, 3.05) is 14.2 Å². The first-order chi connectivity index (χ1) is 15.3. The Kier molecular flexibility index (Phi) is 8.53. The highest BCUT2D eigenvalue weighted by molar-refractivity contribution is 6.48. The van der Waals surface area contributed by atoms with Gasteiger partial charge in [-0.05, 0) is 0 Å². The van der Waals surface area contributed by atoms with Crippen molar-refractivity contribution in [1.82, 2.24) is 0 Å². The van der Waals surface area contributed by atoms with Crippen LogP contribution in [0.4, 0.5) is 92.2 Å². The Balaban J connectivity index is 7.11. The van der Waals surface area contributed by atoms with E-state index in [-0.39, 0.29) is 14.2 Å². The lowest BCUT2D eigenvalue weighted by atomic mass is 9.87. The second-order valence-corrected chi connectivity index (χ2v) is 8.85. The Morgan fingerprint density at radius 1 is 0.333 bits per heavy atom. The van der Waals surface area contributed by atoms with E-state index in [1.807, 2.05) is 0 Å². The summed E-state index contributed by atoms with van der Waals surface area (Å²) >= 11 is 0. The normalized spacial score (nSPS) is 16.7. The van der Waals surface area contributed by atoms with E-state index >= 15 is 0 Å². The van der Waals surface area contributed by atoms with Crippen LogP contribution in [-0.4, -0.2) is 82.6 Å². The lowest BCUT2D eigenvalue weighted by molar-refractivity contribution is -0.472. The van der Waals surface area contributed by atoms with Crippen molar-refractivity contribution in [3.05, 3.63) is 0 Å². The van der Waals surface area contributed by atoms with Crippen LogP contribution in [0.3, 0.4) is 0 Å². The maximum atomic E-state index is 13.6. The predicted molar refractivity (Wildman–Crippen MR) is 71.7 cm³/mol. The van der Waals surface area contributed by atoms with Gasteiger partial charge in [0.2, 0.25) is 0 Å². The first-order valence-electron chi connectivity index (χ1n) is 7.80. The van der Waals surface area contributed by atoms with Gasteiger partial charge in [-0.1, -0.05) is 0 Å². The summed E-state index contributed by atoms with van der Waals surface area (Å²) in [6, 6.07) is 0. The highest BCUT2D eigenvalue weighted by Gasteiger charge is 2.98. The van der Waals surface area contributed by atoms with E-state index in [9.17, 15) is 92.2 Å². The van der Waals surface area contributed by atoms with E-state index in [4.69, 9.17) is 0 Å². The Labute approximate surface area is 185 Å². The highest BCUT2D eigenvalue weighted by Crippen LogP contribution is 2.66. The van der Waals surface area contributed by atoms with Crippen LogP contribution in [0.5, 0.6) is 0 Å². The molecule has 24 heteroatoms. The van der Waals surface area contributed by atoms with Crippen LogP contribution in [0.1, 0.15) is 0 Å². The molecule has 0 atom stereocenters. The Morgan fingerprint density at radius 2 is 0.528 bits per heavy atom. The molecule has 0 aliphatic rings. The van der Waals surface area contributed by atoms with Gasteiger partial charge in [0.05, 0.1) is 0 Å². The van der Waals surface area contributed by atoms with Crippen LogP contribution in [0, 0.1) is 0 Å². The molecule has 0 saturated heterocycles. The fraction of sp³-hybridized carbons (Fsp3) is 1.00. The van der Waals surface area contributed by atoms with E-state index in [0.29, 0.717) is 0 Å². The maximum Gasteiger partial charge on any atom is 0.460 e. The fourth-order valence-electron chi connectivity index (χ4n) is 2.11. The van der Waals surface area contributed by atoms with Gasteiger partial charge in [-0.15, -0.1) is 0 Å². The summed E-state index contributed by atoms with van der Waals surface area (Å²) in [5.74, 6) is -70.4. The molecule has 0 amide bonds. The average Bonchev–Trinajstić information content (AvgIpc) is 2.66. The summed E-state index contributed by atoms with van der Waals surface area (Å²) in [4.78, 5) is 0. The Hall–Kier alpha value is -1.33. The molecule has 0 unspecified atom stereocenters. The summed E-state index contributed by atoms with van der Waals surface area (Å²) in [6.45, 7) is 0. The third-order valence-corrected chi connectivity index (χ3v) is 6.07. The van der Waals surface area contributed by atoms with Crippen molar-refractivity contribution < 1.29 is 101 Å². The van der Waals surface area contributed by atoms with Gasteiger partial charge in [-0.3, -0.25) is 0 Å². The first-order valence-corrected chi connectivity index (χ1v) is 9.32. The molecule has 0 N–H and O–H groups in total. The smallest absolute Gasteiger partial charge is 0.396 e. The lowest BCUT2D eigenvalue weighted by Gasteiger charge is -2.44. The predicted octanol–water partition coefficient (Wildman–Crippen LogP) is 6.32. The minimum Gasteiger partial charge on any atom is -0.396 e. The number of rotatable bonds is 11. The summed E-state index contributed by atoms with van der Waals surface area (Å²) < 4.78 is 283. The van der Waals surface area contributed by atoms with E-state index in [0.717, 1.165) is 0 Å². The van der Waals surface area contributed by atoms with Crippen molar-refractivity contribution >= 4 is 9.28 Å². The number of alkyl halides is 21. The molecule has 0 rings (SSSR count). The fourth-order valence-corrected chi connectivity index (χ4v) is 3.37. The molecule has 0 aromatic heterocycles. The van der Waals surface area contributed by atoms with Gasteiger partial charge in [0.1, 0.15) is 0 Å². The van der Waals surface area contributed by atoms with Gasteiger partial charge in [-0.2, -0.15) is 92.2 Å². The van der Waals surface area contributed by atoms with Crippen molar-refractivity contribution in [1.29, 1.82) is 0 Å². The molecule has 2 nitrogen and oxygen atoms in total. The summed E-state index contributed by atoms with van der Waals surface area (Å²) in [7, 11) is -5.79. The van der Waals surface area contributed by atoms with Crippen LogP contribution in [-0.2, 0) is 8.85 Å². The highest BCUT2D eigenvalue weighted by atomic mass is 28.3. The topological polar surface area (TPSA) is 18.5 Å². The van der Waals surface area contributed by atoms with Gasteiger partial charge in [0, 0.05) is 14.2 Å². The Bertz CT molecular complexity index is 782. The van der Waals surface area contributed by atoms with E-state index in [1.165, 1.54) is 0 Å². The van der Waals surface area contributed by atoms with Gasteiger partial charge >= 0.3 is 68.4 Å². The summed E-state index contributed by atoms with van der Waals surface area (Å²) in [6.07, 6.45) is -8.01. The van der Waals surface area contributed by atoms with Crippen LogP contribution in [0.2, 0.25) is 0 Å². The van der Waals surface area contributed by atoms with Crippen LogP contribution in [0.25, 0.3) is 0 Å².